The van der Waals surface area contributed by atoms with Gasteiger partial charge in [-0.25, -0.2) is 0 Å². The van der Waals surface area contributed by atoms with Gasteiger partial charge in [-0.1, -0.05) is 41.9 Å². The van der Waals surface area contributed by atoms with Crippen LogP contribution in [0.3, 0.4) is 0 Å². The van der Waals surface area contributed by atoms with Crippen molar-refractivity contribution >= 4 is 5.78 Å². The lowest BCUT2D eigenvalue weighted by Crippen LogP contribution is -2.44. The van der Waals surface area contributed by atoms with Crippen molar-refractivity contribution in [2.75, 3.05) is 21.2 Å². The zero-order chi connectivity index (χ0) is 22.8. The Balaban J connectivity index is 2.78. The van der Waals surface area contributed by atoms with E-state index in [1.807, 2.05) is 21.0 Å². The van der Waals surface area contributed by atoms with Crippen LogP contribution in [0.1, 0.15) is 73.1 Å². The Hall–Kier alpha value is -1.81. The molecule has 0 aliphatic heterocycles. The second-order valence-electron chi connectivity index (χ2n) is 9.00. The van der Waals surface area contributed by atoms with Crippen LogP contribution in [0.4, 0.5) is 0 Å². The van der Waals surface area contributed by atoms with Gasteiger partial charge in [0.2, 0.25) is 5.78 Å². The minimum absolute atomic E-state index is 0.0139. The number of nitrogens with zero attached hydrogens (tertiary/aromatic N) is 1. The van der Waals surface area contributed by atoms with E-state index >= 15 is 0 Å². The molecular weight excluding hydrogens is 374 g/mol. The third kappa shape index (κ3) is 7.46. The molecule has 0 unspecified atom stereocenters. The summed E-state index contributed by atoms with van der Waals surface area (Å²) in [6.45, 7) is 10.6. The standard InChI is InChI=1S/C26H43NO3/c1-9-21-22(24(28)23(27(6)7)26(30-8)25(21)29)17-16-20(5)15-11-14-19(4)13-10-12-18(2)3/h12,14,16,21-22,24,28H,9-11,13,15,17H2,1-8H3/b19-14+,20-16+/t21-,22-,24-/m0/s1. The molecule has 0 aromatic rings. The predicted molar refractivity (Wildman–Crippen MR) is 126 cm³/mol. The SMILES string of the molecule is CC[C@@H]1C(=O)C(OC)=C(N(C)C)[C@@H](O)[C@H]1C/C=C(\C)CC/C=C(\C)CCC=C(C)C. The molecule has 4 nitrogen and oxygen atoms in total. The molecule has 0 radical (unpaired) electrons. The van der Waals surface area contributed by atoms with Gasteiger partial charge >= 0.3 is 0 Å². The summed E-state index contributed by atoms with van der Waals surface area (Å²) in [7, 11) is 5.21. The molecule has 0 spiro atoms. The van der Waals surface area contributed by atoms with Gasteiger partial charge in [-0.3, -0.25) is 4.79 Å². The molecule has 170 valence electrons. The van der Waals surface area contributed by atoms with Crippen LogP contribution in [0.2, 0.25) is 0 Å². The highest BCUT2D eigenvalue weighted by atomic mass is 16.5. The van der Waals surface area contributed by atoms with Crippen LogP contribution in [0.5, 0.6) is 0 Å². The molecule has 3 atom stereocenters. The van der Waals surface area contributed by atoms with Gasteiger partial charge in [0, 0.05) is 25.9 Å². The van der Waals surface area contributed by atoms with Crippen molar-refractivity contribution < 1.29 is 14.6 Å². The molecular formula is C26H43NO3. The number of carbonyl (C=O) groups excluding carboxylic acids is 1. The van der Waals surface area contributed by atoms with Crippen molar-refractivity contribution in [2.45, 2.75) is 79.2 Å². The van der Waals surface area contributed by atoms with Gasteiger partial charge in [-0.05, 0) is 66.2 Å². The van der Waals surface area contributed by atoms with E-state index in [9.17, 15) is 9.90 Å². The topological polar surface area (TPSA) is 49.8 Å². The summed E-state index contributed by atoms with van der Waals surface area (Å²) >= 11 is 0. The summed E-state index contributed by atoms with van der Waals surface area (Å²) in [5.74, 6) is 0.0000173. The highest BCUT2D eigenvalue weighted by Crippen LogP contribution is 2.37. The average Bonchev–Trinajstić information content (AvgIpc) is 2.67. The van der Waals surface area contributed by atoms with Crippen molar-refractivity contribution in [3.8, 4) is 0 Å². The molecule has 0 amide bonds. The summed E-state index contributed by atoms with van der Waals surface area (Å²) in [4.78, 5) is 14.7. The highest BCUT2D eigenvalue weighted by molar-refractivity contribution is 5.97. The van der Waals surface area contributed by atoms with E-state index in [-0.39, 0.29) is 17.6 Å². The zero-order valence-corrected chi connectivity index (χ0v) is 20.4. The van der Waals surface area contributed by atoms with Crippen molar-refractivity contribution in [3.05, 3.63) is 46.4 Å². The fourth-order valence-electron chi connectivity index (χ4n) is 4.18. The van der Waals surface area contributed by atoms with Gasteiger partial charge in [0.25, 0.3) is 0 Å². The van der Waals surface area contributed by atoms with Crippen LogP contribution in [0.25, 0.3) is 0 Å². The third-order valence-corrected chi connectivity index (χ3v) is 5.98. The van der Waals surface area contributed by atoms with Crippen LogP contribution >= 0.6 is 0 Å². The van der Waals surface area contributed by atoms with Crippen LogP contribution < -0.4 is 0 Å². The number of likely N-dealkylation sites (N-methyl/N-ethyl adjacent to an activating group) is 1. The number of rotatable bonds is 11. The number of Topliss-reactive ketones (excluding diaryl/α,β-unsaturated/α-hetero) is 1. The minimum atomic E-state index is -0.695. The number of hydrogen-bond donors (Lipinski definition) is 1. The van der Waals surface area contributed by atoms with Gasteiger partial charge in [0.1, 0.15) is 6.10 Å². The maximum atomic E-state index is 12.9. The normalized spacial score (nSPS) is 23.0. The Morgan fingerprint density at radius 2 is 1.60 bits per heavy atom. The van der Waals surface area contributed by atoms with E-state index in [1.165, 1.54) is 23.8 Å². The molecule has 1 aliphatic carbocycles. The van der Waals surface area contributed by atoms with Crippen LogP contribution in [0, 0.1) is 11.8 Å². The van der Waals surface area contributed by atoms with Crippen molar-refractivity contribution in [1.29, 1.82) is 0 Å². The van der Waals surface area contributed by atoms with E-state index in [0.717, 1.165) is 25.7 Å². The highest BCUT2D eigenvalue weighted by Gasteiger charge is 2.43. The summed E-state index contributed by atoms with van der Waals surface area (Å²) in [5.41, 5.74) is 4.72. The van der Waals surface area contributed by atoms with E-state index in [1.54, 1.807) is 4.90 Å². The Morgan fingerprint density at radius 1 is 1.03 bits per heavy atom. The van der Waals surface area contributed by atoms with Crippen molar-refractivity contribution in [2.24, 2.45) is 11.8 Å². The second-order valence-corrected chi connectivity index (χ2v) is 9.00. The third-order valence-electron chi connectivity index (χ3n) is 5.98. The minimum Gasteiger partial charge on any atom is -0.491 e. The molecule has 0 saturated heterocycles. The lowest BCUT2D eigenvalue weighted by Gasteiger charge is -2.38. The van der Waals surface area contributed by atoms with Gasteiger partial charge in [0.15, 0.2) is 5.76 Å². The molecule has 0 aromatic carbocycles. The Morgan fingerprint density at radius 3 is 2.10 bits per heavy atom. The van der Waals surface area contributed by atoms with Crippen molar-refractivity contribution in [1.82, 2.24) is 4.90 Å². The van der Waals surface area contributed by atoms with Crippen LogP contribution in [-0.4, -0.2) is 43.1 Å². The molecule has 0 bridgehead atoms. The second kappa shape index (κ2) is 12.8. The number of ether oxygens (including phenoxy) is 1. The van der Waals surface area contributed by atoms with Crippen LogP contribution in [-0.2, 0) is 9.53 Å². The van der Waals surface area contributed by atoms with Crippen LogP contribution in [0.15, 0.2) is 46.4 Å². The average molecular weight is 418 g/mol. The molecule has 1 rings (SSSR count). The summed E-state index contributed by atoms with van der Waals surface area (Å²) < 4.78 is 5.37. The first kappa shape index (κ1) is 26.2. The van der Waals surface area contributed by atoms with Crippen molar-refractivity contribution in [3.63, 3.8) is 0 Å². The Bertz CT molecular complexity index is 693. The molecule has 0 heterocycles. The molecule has 0 aromatic heterocycles. The zero-order valence-electron chi connectivity index (χ0n) is 20.4. The molecule has 1 aliphatic rings. The first-order valence-electron chi connectivity index (χ1n) is 11.3. The first-order valence-corrected chi connectivity index (χ1v) is 11.3. The molecule has 4 heteroatoms. The van der Waals surface area contributed by atoms with Gasteiger partial charge < -0.3 is 14.7 Å². The monoisotopic (exact) mass is 417 g/mol. The number of hydrogen-bond acceptors (Lipinski definition) is 4. The molecule has 30 heavy (non-hydrogen) atoms. The van der Waals surface area contributed by atoms with Gasteiger partial charge in [-0.15, -0.1) is 0 Å². The van der Waals surface area contributed by atoms with E-state index in [0.29, 0.717) is 24.3 Å². The quantitative estimate of drug-likeness (QED) is 0.432. The summed E-state index contributed by atoms with van der Waals surface area (Å²) in [6.07, 6.45) is 11.8. The Labute approximate surface area is 184 Å². The maximum Gasteiger partial charge on any atom is 0.202 e. The number of carbonyl (C=O) groups is 1. The number of methoxy groups -OCH3 is 1. The number of ketones is 1. The number of allylic oxidation sites excluding steroid dienone is 7. The lowest BCUT2D eigenvalue weighted by molar-refractivity contribution is -0.128. The van der Waals surface area contributed by atoms with E-state index < -0.39 is 6.10 Å². The van der Waals surface area contributed by atoms with E-state index in [4.69, 9.17) is 4.74 Å². The lowest BCUT2D eigenvalue weighted by atomic mass is 9.74. The first-order chi connectivity index (χ1) is 14.1. The van der Waals surface area contributed by atoms with Gasteiger partial charge in [0.05, 0.1) is 12.8 Å². The van der Waals surface area contributed by atoms with Gasteiger partial charge in [-0.2, -0.15) is 0 Å². The fourth-order valence-corrected chi connectivity index (χ4v) is 4.18. The predicted octanol–water partition coefficient (Wildman–Crippen LogP) is 5.80. The molecule has 1 N–H and O–H groups in total. The maximum absolute atomic E-state index is 12.9. The molecule has 0 saturated carbocycles. The molecule has 0 fully saturated rings. The summed E-state index contributed by atoms with van der Waals surface area (Å²) in [6, 6.07) is 0. The smallest absolute Gasteiger partial charge is 0.202 e. The summed E-state index contributed by atoms with van der Waals surface area (Å²) in [5, 5.41) is 11.0. The number of aliphatic hydroxyl groups is 1. The van der Waals surface area contributed by atoms with E-state index in [2.05, 4.69) is 45.9 Å². The number of aliphatic hydroxyl groups excluding tert-OH is 1. The fraction of sp³-hybridized carbons (Fsp3) is 0.654. The Kier molecular flexibility index (Phi) is 11.2. The largest absolute Gasteiger partial charge is 0.491 e.